The van der Waals surface area contributed by atoms with Crippen LogP contribution < -0.4 is 0 Å². The molecule has 0 aromatic rings. The highest BCUT2D eigenvalue weighted by Gasteiger charge is 2.14. The molecule has 6 heavy (non-hydrogen) atoms. The summed E-state index contributed by atoms with van der Waals surface area (Å²) in [5.74, 6) is 0.546. The van der Waals surface area contributed by atoms with Gasteiger partial charge in [0, 0.05) is 6.08 Å². The van der Waals surface area contributed by atoms with Crippen molar-refractivity contribution in [3.63, 3.8) is 0 Å². The van der Waals surface area contributed by atoms with E-state index in [1.165, 1.54) is 0 Å². The second kappa shape index (κ2) is 1.05. The highest BCUT2D eigenvalue weighted by molar-refractivity contribution is 5.00. The minimum absolute atomic E-state index is 0.546. The first-order valence-corrected chi connectivity index (χ1v) is 1.61. The molecule has 0 N–H and O–H groups in total. The summed E-state index contributed by atoms with van der Waals surface area (Å²) in [6.45, 7) is 3.40. The van der Waals surface area contributed by atoms with Crippen LogP contribution in [0.4, 0.5) is 0 Å². The van der Waals surface area contributed by atoms with E-state index >= 15 is 0 Å². The predicted octanol–water partition coefficient (Wildman–Crippen LogP) is 0.976. The summed E-state index contributed by atoms with van der Waals surface area (Å²) in [7, 11) is 0. The topological polar surface area (TPSA) is 25.1 Å². The standard InChI is InChI=1S/C4H4O2/c1-2-3-4-5-6-4/h2-3H,1H2. The fourth-order valence-electron chi connectivity index (χ4n) is 0.176. The molecule has 1 saturated heterocycles. The van der Waals surface area contributed by atoms with Crippen LogP contribution in [-0.4, -0.2) is 0 Å². The quantitative estimate of drug-likeness (QED) is 0.349. The third kappa shape index (κ3) is 0.516. The smallest absolute Gasteiger partial charge is 0.242 e. The minimum atomic E-state index is 0.546. The molecule has 0 saturated carbocycles. The minimum Gasteiger partial charge on any atom is -0.242 e. The van der Waals surface area contributed by atoms with Gasteiger partial charge in [0.05, 0.1) is 0 Å². The molecule has 32 valence electrons. The van der Waals surface area contributed by atoms with Crippen LogP contribution in [-0.2, 0) is 9.78 Å². The van der Waals surface area contributed by atoms with E-state index in [-0.39, 0.29) is 0 Å². The molecule has 1 rings (SSSR count). The largest absolute Gasteiger partial charge is 0.379 e. The van der Waals surface area contributed by atoms with Crippen molar-refractivity contribution in [3.05, 3.63) is 24.7 Å². The highest BCUT2D eigenvalue weighted by Crippen LogP contribution is 2.15. The lowest BCUT2D eigenvalue weighted by Crippen LogP contribution is -1.39. The zero-order valence-corrected chi connectivity index (χ0v) is 3.18. The van der Waals surface area contributed by atoms with Gasteiger partial charge in [-0.05, 0) is 0 Å². The number of rotatable bonds is 1. The monoisotopic (exact) mass is 84.0 g/mol. The van der Waals surface area contributed by atoms with Crippen LogP contribution in [0.15, 0.2) is 24.7 Å². The van der Waals surface area contributed by atoms with Gasteiger partial charge in [-0.25, -0.2) is 9.78 Å². The third-order valence-electron chi connectivity index (χ3n) is 0.433. The summed E-state index contributed by atoms with van der Waals surface area (Å²) < 4.78 is 0. The molecule has 1 heterocycles. The van der Waals surface area contributed by atoms with Crippen molar-refractivity contribution in [2.45, 2.75) is 0 Å². The zero-order chi connectivity index (χ0) is 4.41. The van der Waals surface area contributed by atoms with Crippen molar-refractivity contribution in [3.8, 4) is 0 Å². The normalized spacial score (nSPS) is 14.3. The van der Waals surface area contributed by atoms with Crippen molar-refractivity contribution in [1.82, 2.24) is 0 Å². The number of hydrogen-bond donors (Lipinski definition) is 0. The van der Waals surface area contributed by atoms with E-state index < -0.39 is 0 Å². The number of hydrogen-bond acceptors (Lipinski definition) is 2. The van der Waals surface area contributed by atoms with Crippen LogP contribution >= 0.6 is 0 Å². The molecule has 0 atom stereocenters. The third-order valence-corrected chi connectivity index (χ3v) is 0.433. The highest BCUT2D eigenvalue weighted by atomic mass is 17.4. The molecule has 1 aliphatic rings. The molecule has 0 bridgehead atoms. The van der Waals surface area contributed by atoms with E-state index in [9.17, 15) is 0 Å². The summed E-state index contributed by atoms with van der Waals surface area (Å²) in [6.07, 6.45) is 3.24. The zero-order valence-electron chi connectivity index (χ0n) is 3.18. The fourth-order valence-corrected chi connectivity index (χ4v) is 0.176. The van der Waals surface area contributed by atoms with Crippen LogP contribution in [0.25, 0.3) is 0 Å². The van der Waals surface area contributed by atoms with Crippen LogP contribution in [0, 0.1) is 0 Å². The van der Waals surface area contributed by atoms with E-state index in [0.29, 0.717) is 5.95 Å². The Hall–Kier alpha value is -0.920. The molecule has 1 fully saturated rings. The van der Waals surface area contributed by atoms with Gasteiger partial charge in [-0.3, -0.25) is 0 Å². The molecule has 2 nitrogen and oxygen atoms in total. The molecule has 0 aliphatic carbocycles. The second-order valence-corrected chi connectivity index (χ2v) is 0.888. The second-order valence-electron chi connectivity index (χ2n) is 0.888. The average Bonchev–Trinajstić information content (AvgIpc) is 2.21. The van der Waals surface area contributed by atoms with Crippen molar-refractivity contribution in [2.24, 2.45) is 0 Å². The van der Waals surface area contributed by atoms with Gasteiger partial charge in [-0.1, -0.05) is 12.7 Å². The molecule has 0 radical (unpaired) electrons. The lowest BCUT2D eigenvalue weighted by atomic mass is 10.6. The first kappa shape index (κ1) is 3.28. The summed E-state index contributed by atoms with van der Waals surface area (Å²) in [4.78, 5) is 8.48. The maximum Gasteiger partial charge on any atom is 0.379 e. The first-order chi connectivity index (χ1) is 2.93. The Morgan fingerprint density at radius 1 is 1.50 bits per heavy atom. The Labute approximate surface area is 35.6 Å². The van der Waals surface area contributed by atoms with Crippen molar-refractivity contribution in [2.75, 3.05) is 0 Å². The van der Waals surface area contributed by atoms with Gasteiger partial charge in [-0.15, -0.1) is 0 Å². The Balaban J connectivity index is 2.42. The Morgan fingerprint density at radius 2 is 2.17 bits per heavy atom. The fraction of sp³-hybridized carbons (Fsp3) is 0. The lowest BCUT2D eigenvalue weighted by Gasteiger charge is -1.46. The van der Waals surface area contributed by atoms with Crippen LogP contribution in [0.2, 0.25) is 0 Å². The van der Waals surface area contributed by atoms with Gasteiger partial charge in [0.1, 0.15) is 0 Å². The number of allylic oxidation sites excluding steroid dienone is 2. The molecule has 0 unspecified atom stereocenters. The average molecular weight is 84.1 g/mol. The molecular weight excluding hydrogens is 80.0 g/mol. The van der Waals surface area contributed by atoms with Crippen molar-refractivity contribution >= 4 is 0 Å². The van der Waals surface area contributed by atoms with E-state index in [4.69, 9.17) is 0 Å². The van der Waals surface area contributed by atoms with E-state index in [2.05, 4.69) is 16.4 Å². The molecule has 0 spiro atoms. The molecule has 2 heteroatoms. The van der Waals surface area contributed by atoms with E-state index in [1.807, 2.05) is 0 Å². The summed E-state index contributed by atoms with van der Waals surface area (Å²) >= 11 is 0. The van der Waals surface area contributed by atoms with Gasteiger partial charge in [0.25, 0.3) is 0 Å². The van der Waals surface area contributed by atoms with Gasteiger partial charge >= 0.3 is 5.95 Å². The van der Waals surface area contributed by atoms with Gasteiger partial charge < -0.3 is 0 Å². The van der Waals surface area contributed by atoms with Crippen molar-refractivity contribution in [1.29, 1.82) is 0 Å². The van der Waals surface area contributed by atoms with E-state index in [1.54, 1.807) is 12.2 Å². The SMILES string of the molecule is C=CC=C1OO1. The van der Waals surface area contributed by atoms with Gasteiger partial charge in [0.2, 0.25) is 0 Å². The lowest BCUT2D eigenvalue weighted by molar-refractivity contribution is 0.0850. The molecule has 1 aliphatic heterocycles. The van der Waals surface area contributed by atoms with E-state index in [0.717, 1.165) is 0 Å². The van der Waals surface area contributed by atoms with Gasteiger partial charge in [-0.2, -0.15) is 0 Å². The predicted molar refractivity (Wildman–Crippen MR) is 20.4 cm³/mol. The molecule has 0 aromatic heterocycles. The molecular formula is C4H4O2. The maximum absolute atomic E-state index is 4.24. The maximum atomic E-state index is 4.24. The van der Waals surface area contributed by atoms with Crippen LogP contribution in [0.5, 0.6) is 0 Å². The van der Waals surface area contributed by atoms with Crippen LogP contribution in [0.3, 0.4) is 0 Å². The van der Waals surface area contributed by atoms with Crippen molar-refractivity contribution < 1.29 is 9.78 Å². The Kier molecular flexibility index (Phi) is 0.572. The van der Waals surface area contributed by atoms with Crippen LogP contribution in [0.1, 0.15) is 0 Å². The van der Waals surface area contributed by atoms with Gasteiger partial charge in [0.15, 0.2) is 0 Å². The Morgan fingerprint density at radius 3 is 2.33 bits per heavy atom. The molecule has 0 aromatic carbocycles. The molecule has 0 amide bonds. The summed E-state index contributed by atoms with van der Waals surface area (Å²) in [5.41, 5.74) is 0. The first-order valence-electron chi connectivity index (χ1n) is 1.61. The Bertz CT molecular complexity index is 87.7. The summed E-state index contributed by atoms with van der Waals surface area (Å²) in [6, 6.07) is 0. The summed E-state index contributed by atoms with van der Waals surface area (Å²) in [5, 5.41) is 0.